The van der Waals surface area contributed by atoms with E-state index in [4.69, 9.17) is 4.74 Å². The summed E-state index contributed by atoms with van der Waals surface area (Å²) in [6.45, 7) is 8.69. The Labute approximate surface area is 159 Å². The van der Waals surface area contributed by atoms with E-state index < -0.39 is 0 Å². The molecule has 1 saturated carbocycles. The molecule has 0 amide bonds. The van der Waals surface area contributed by atoms with Gasteiger partial charge in [-0.1, -0.05) is 48.9 Å². The highest BCUT2D eigenvalue weighted by atomic mass is 16.5. The lowest BCUT2D eigenvalue weighted by molar-refractivity contribution is 0.102. The predicted molar refractivity (Wildman–Crippen MR) is 110 cm³/mol. The van der Waals surface area contributed by atoms with Crippen molar-refractivity contribution in [3.8, 4) is 5.75 Å². The lowest BCUT2D eigenvalue weighted by Gasteiger charge is -2.33. The Morgan fingerprint density at radius 3 is 2.62 bits per heavy atom. The topological polar surface area (TPSA) is 21.3 Å². The number of aryl methyl sites for hydroxylation is 2. The van der Waals surface area contributed by atoms with Crippen molar-refractivity contribution in [3.05, 3.63) is 65.2 Å². The van der Waals surface area contributed by atoms with Gasteiger partial charge in [0.1, 0.15) is 5.75 Å². The highest BCUT2D eigenvalue weighted by Gasteiger charge is 2.27. The second-order valence-corrected chi connectivity index (χ2v) is 8.08. The van der Waals surface area contributed by atoms with Crippen molar-refractivity contribution in [2.75, 3.05) is 6.54 Å². The molecule has 3 unspecified atom stereocenters. The highest BCUT2D eigenvalue weighted by molar-refractivity contribution is 5.27. The molecule has 0 spiro atoms. The van der Waals surface area contributed by atoms with Gasteiger partial charge in [-0.05, 0) is 81.2 Å². The van der Waals surface area contributed by atoms with Crippen molar-refractivity contribution in [1.29, 1.82) is 0 Å². The Bertz CT molecular complexity index is 679. The molecule has 3 rings (SSSR count). The van der Waals surface area contributed by atoms with Crippen LogP contribution in [0.5, 0.6) is 5.75 Å². The summed E-state index contributed by atoms with van der Waals surface area (Å²) < 4.78 is 6.28. The molecule has 2 aromatic carbocycles. The van der Waals surface area contributed by atoms with E-state index in [0.29, 0.717) is 12.0 Å². The van der Waals surface area contributed by atoms with Crippen LogP contribution in [-0.4, -0.2) is 12.6 Å². The fourth-order valence-corrected chi connectivity index (χ4v) is 4.00. The molecule has 2 heteroatoms. The summed E-state index contributed by atoms with van der Waals surface area (Å²) >= 11 is 0. The summed E-state index contributed by atoms with van der Waals surface area (Å²) in [6, 6.07) is 17.3. The maximum Gasteiger partial charge on any atom is 0.119 e. The standard InChI is InChI=1S/C24H33NO/c1-18-10-12-21(13-11-18)17-25-16-20(3)22-7-5-9-24(15-22)26-23-8-4-6-19(2)14-23/h4,6,8,10-14,20,22,24-25H,5,7,9,15-17H2,1-3H3. The van der Waals surface area contributed by atoms with Gasteiger partial charge >= 0.3 is 0 Å². The van der Waals surface area contributed by atoms with Crippen molar-refractivity contribution in [2.24, 2.45) is 11.8 Å². The van der Waals surface area contributed by atoms with Gasteiger partial charge in [0, 0.05) is 6.54 Å². The summed E-state index contributed by atoms with van der Waals surface area (Å²) in [4.78, 5) is 0. The smallest absolute Gasteiger partial charge is 0.119 e. The van der Waals surface area contributed by atoms with Gasteiger partial charge in [0.05, 0.1) is 6.10 Å². The average Bonchev–Trinajstić information content (AvgIpc) is 2.63. The van der Waals surface area contributed by atoms with E-state index in [-0.39, 0.29) is 0 Å². The highest BCUT2D eigenvalue weighted by Crippen LogP contribution is 2.32. The number of benzene rings is 2. The summed E-state index contributed by atoms with van der Waals surface area (Å²) in [5, 5.41) is 3.65. The minimum Gasteiger partial charge on any atom is -0.490 e. The van der Waals surface area contributed by atoms with E-state index in [1.807, 2.05) is 0 Å². The lowest BCUT2D eigenvalue weighted by atomic mass is 9.79. The van der Waals surface area contributed by atoms with Crippen LogP contribution in [-0.2, 0) is 6.54 Å². The molecule has 2 aromatic rings. The molecule has 26 heavy (non-hydrogen) atoms. The molecular formula is C24H33NO. The Kier molecular flexibility index (Phi) is 6.73. The first kappa shape index (κ1) is 19.0. The minimum atomic E-state index is 0.370. The normalized spacial score (nSPS) is 21.3. The van der Waals surface area contributed by atoms with Gasteiger partial charge in [-0.15, -0.1) is 0 Å². The minimum absolute atomic E-state index is 0.370. The second kappa shape index (κ2) is 9.23. The first-order chi connectivity index (χ1) is 12.6. The van der Waals surface area contributed by atoms with Crippen LogP contribution < -0.4 is 10.1 Å². The van der Waals surface area contributed by atoms with E-state index in [0.717, 1.165) is 24.8 Å². The zero-order chi connectivity index (χ0) is 18.4. The fourth-order valence-electron chi connectivity index (χ4n) is 4.00. The molecule has 0 aromatic heterocycles. The van der Waals surface area contributed by atoms with Gasteiger partial charge in [-0.3, -0.25) is 0 Å². The lowest BCUT2D eigenvalue weighted by Crippen LogP contribution is -2.33. The van der Waals surface area contributed by atoms with Crippen molar-refractivity contribution >= 4 is 0 Å². The van der Waals surface area contributed by atoms with Crippen LogP contribution in [0.4, 0.5) is 0 Å². The van der Waals surface area contributed by atoms with Crippen LogP contribution in [0, 0.1) is 25.7 Å². The number of hydrogen-bond donors (Lipinski definition) is 1. The van der Waals surface area contributed by atoms with Crippen LogP contribution >= 0.6 is 0 Å². The first-order valence-corrected chi connectivity index (χ1v) is 10.1. The summed E-state index contributed by atoms with van der Waals surface area (Å²) in [5.41, 5.74) is 3.96. The van der Waals surface area contributed by atoms with Crippen LogP contribution in [0.3, 0.4) is 0 Å². The molecule has 1 N–H and O–H groups in total. The molecule has 140 valence electrons. The molecule has 0 bridgehead atoms. The van der Waals surface area contributed by atoms with Crippen LogP contribution in [0.1, 0.15) is 49.3 Å². The zero-order valence-corrected chi connectivity index (χ0v) is 16.5. The van der Waals surface area contributed by atoms with Gasteiger partial charge in [0.2, 0.25) is 0 Å². The SMILES string of the molecule is Cc1ccc(CNCC(C)C2CCCC(Oc3cccc(C)c3)C2)cc1. The van der Waals surface area contributed by atoms with Crippen molar-refractivity contribution < 1.29 is 4.74 Å². The molecule has 0 aliphatic heterocycles. The van der Waals surface area contributed by atoms with Crippen LogP contribution in [0.15, 0.2) is 48.5 Å². The van der Waals surface area contributed by atoms with Gasteiger partial charge in [-0.25, -0.2) is 0 Å². The number of rotatable bonds is 7. The maximum absolute atomic E-state index is 6.28. The molecular weight excluding hydrogens is 318 g/mol. The van der Waals surface area contributed by atoms with Crippen molar-refractivity contribution in [3.63, 3.8) is 0 Å². The van der Waals surface area contributed by atoms with Crippen LogP contribution in [0.2, 0.25) is 0 Å². The largest absolute Gasteiger partial charge is 0.490 e. The number of ether oxygens (including phenoxy) is 1. The third-order valence-electron chi connectivity index (χ3n) is 5.68. The zero-order valence-electron chi connectivity index (χ0n) is 16.5. The van der Waals surface area contributed by atoms with Crippen molar-refractivity contribution in [2.45, 2.75) is 59.1 Å². The number of nitrogens with one attached hydrogen (secondary N) is 1. The fraction of sp³-hybridized carbons (Fsp3) is 0.500. The Hall–Kier alpha value is -1.80. The Morgan fingerprint density at radius 1 is 1.04 bits per heavy atom. The number of hydrogen-bond acceptors (Lipinski definition) is 2. The predicted octanol–water partition coefficient (Wildman–Crippen LogP) is 5.67. The van der Waals surface area contributed by atoms with Crippen LogP contribution in [0.25, 0.3) is 0 Å². The van der Waals surface area contributed by atoms with Gasteiger partial charge < -0.3 is 10.1 Å². The van der Waals surface area contributed by atoms with E-state index in [2.05, 4.69) is 74.6 Å². The third kappa shape index (κ3) is 5.60. The van der Waals surface area contributed by atoms with E-state index >= 15 is 0 Å². The summed E-state index contributed by atoms with van der Waals surface area (Å²) in [6.07, 6.45) is 5.36. The van der Waals surface area contributed by atoms with Gasteiger partial charge in [0.25, 0.3) is 0 Å². The molecule has 1 fully saturated rings. The molecule has 0 radical (unpaired) electrons. The maximum atomic E-state index is 6.28. The van der Waals surface area contributed by atoms with Crippen molar-refractivity contribution in [1.82, 2.24) is 5.32 Å². The van der Waals surface area contributed by atoms with E-state index in [1.165, 1.54) is 42.4 Å². The monoisotopic (exact) mass is 351 g/mol. The van der Waals surface area contributed by atoms with E-state index in [1.54, 1.807) is 0 Å². The average molecular weight is 352 g/mol. The molecule has 0 heterocycles. The summed E-state index contributed by atoms with van der Waals surface area (Å²) in [7, 11) is 0. The van der Waals surface area contributed by atoms with Gasteiger partial charge in [0.15, 0.2) is 0 Å². The molecule has 0 saturated heterocycles. The first-order valence-electron chi connectivity index (χ1n) is 10.1. The third-order valence-corrected chi connectivity index (χ3v) is 5.68. The Balaban J connectivity index is 1.45. The Morgan fingerprint density at radius 2 is 1.85 bits per heavy atom. The molecule has 1 aliphatic carbocycles. The quantitative estimate of drug-likeness (QED) is 0.694. The summed E-state index contributed by atoms with van der Waals surface area (Å²) in [5.74, 6) is 2.47. The second-order valence-electron chi connectivity index (χ2n) is 8.08. The van der Waals surface area contributed by atoms with Gasteiger partial charge in [-0.2, -0.15) is 0 Å². The molecule has 2 nitrogen and oxygen atoms in total. The molecule has 3 atom stereocenters. The molecule has 1 aliphatic rings. The van der Waals surface area contributed by atoms with E-state index in [9.17, 15) is 0 Å².